The van der Waals surface area contributed by atoms with Gasteiger partial charge >= 0.3 is 17.9 Å². The van der Waals surface area contributed by atoms with E-state index in [9.17, 15) is 23.5 Å². The maximum absolute atomic E-state index is 14.3. The van der Waals surface area contributed by atoms with Gasteiger partial charge in [-0.2, -0.15) is 8.78 Å². The van der Waals surface area contributed by atoms with E-state index in [0.29, 0.717) is 0 Å². The van der Waals surface area contributed by atoms with Crippen molar-refractivity contribution in [2.24, 2.45) is 0 Å². The number of carbonyl (C=O) groups excluding carboxylic acids is 2. The summed E-state index contributed by atoms with van der Waals surface area (Å²) in [5.74, 6) is -5.61. The van der Waals surface area contributed by atoms with E-state index in [1.807, 2.05) is 13.8 Å². The van der Waals surface area contributed by atoms with E-state index in [1.54, 1.807) is 24.3 Å². The van der Waals surface area contributed by atoms with Crippen molar-refractivity contribution in [3.63, 3.8) is 0 Å². The average Bonchev–Trinajstić information content (AvgIpc) is 2.90. The highest BCUT2D eigenvalue weighted by atomic mass is 19.3. The Kier molecular flexibility index (Phi) is 5.95. The molecule has 2 aromatic rings. The van der Waals surface area contributed by atoms with Gasteiger partial charge in [0.25, 0.3) is 0 Å². The number of aryl methyl sites for hydroxylation is 2. The standard InChI is InChI=1S/C21H20F2O6/c1-12-3-7-14(8-4-12)18(24)27-11-16-17(21(22,23)20(26)28-16)29-19(25)15-9-5-13(2)6-10-15/h3-10,16-17,20,26H,11H2,1-2H3/t16-,17-,20?/m1/s1. The number of ether oxygens (including phenoxy) is 3. The zero-order valence-corrected chi connectivity index (χ0v) is 15.8. The predicted molar refractivity (Wildman–Crippen MR) is 97.7 cm³/mol. The van der Waals surface area contributed by atoms with Crippen LogP contribution in [0.1, 0.15) is 31.8 Å². The summed E-state index contributed by atoms with van der Waals surface area (Å²) in [6, 6.07) is 12.6. The van der Waals surface area contributed by atoms with Gasteiger partial charge in [0.05, 0.1) is 11.1 Å². The van der Waals surface area contributed by atoms with Crippen LogP contribution in [0, 0.1) is 13.8 Å². The molecule has 8 heteroatoms. The summed E-state index contributed by atoms with van der Waals surface area (Å²) in [6.45, 7) is 3.03. The normalized spacial score (nSPS) is 22.9. The maximum atomic E-state index is 14.3. The number of aliphatic hydroxyl groups excluding tert-OH is 1. The number of carbonyl (C=O) groups is 2. The van der Waals surface area contributed by atoms with Gasteiger partial charge in [-0.15, -0.1) is 0 Å². The Hall–Kier alpha value is -2.84. The minimum absolute atomic E-state index is 0.0724. The second-order valence-electron chi connectivity index (χ2n) is 6.86. The number of hydrogen-bond donors (Lipinski definition) is 1. The van der Waals surface area contributed by atoms with Crippen molar-refractivity contribution >= 4 is 11.9 Å². The van der Waals surface area contributed by atoms with Gasteiger partial charge in [-0.05, 0) is 38.1 Å². The molecule has 1 unspecified atom stereocenters. The number of halogens is 2. The molecular weight excluding hydrogens is 386 g/mol. The molecule has 6 nitrogen and oxygen atoms in total. The van der Waals surface area contributed by atoms with Crippen molar-refractivity contribution < 1.29 is 37.7 Å². The lowest BCUT2D eigenvalue weighted by Crippen LogP contribution is -2.44. The molecule has 1 N–H and O–H groups in total. The monoisotopic (exact) mass is 406 g/mol. The summed E-state index contributed by atoms with van der Waals surface area (Å²) in [4.78, 5) is 24.3. The zero-order valence-electron chi connectivity index (χ0n) is 15.8. The van der Waals surface area contributed by atoms with Gasteiger partial charge in [0.15, 0.2) is 6.10 Å². The van der Waals surface area contributed by atoms with Crippen LogP contribution in [-0.4, -0.2) is 48.1 Å². The van der Waals surface area contributed by atoms with Gasteiger partial charge in [-0.25, -0.2) is 9.59 Å². The first-order valence-corrected chi connectivity index (χ1v) is 8.91. The summed E-state index contributed by atoms with van der Waals surface area (Å²) < 4.78 is 43.3. The molecule has 0 saturated carbocycles. The topological polar surface area (TPSA) is 82.1 Å². The van der Waals surface area contributed by atoms with Crippen molar-refractivity contribution in [3.8, 4) is 0 Å². The molecule has 1 saturated heterocycles. The SMILES string of the molecule is Cc1ccc(C(=O)OC[C@H]2OC(O)C(F)(F)[C@@H]2OC(=O)c2ccc(C)cc2)cc1. The van der Waals surface area contributed by atoms with Crippen LogP contribution >= 0.6 is 0 Å². The first-order chi connectivity index (χ1) is 13.7. The van der Waals surface area contributed by atoms with Crippen LogP contribution in [-0.2, 0) is 14.2 Å². The van der Waals surface area contributed by atoms with Crippen LogP contribution in [0.15, 0.2) is 48.5 Å². The van der Waals surface area contributed by atoms with Crippen molar-refractivity contribution in [1.82, 2.24) is 0 Å². The van der Waals surface area contributed by atoms with E-state index in [0.717, 1.165) is 11.1 Å². The van der Waals surface area contributed by atoms with E-state index in [2.05, 4.69) is 0 Å². The Morgan fingerprint density at radius 2 is 1.45 bits per heavy atom. The summed E-state index contributed by atoms with van der Waals surface area (Å²) >= 11 is 0. The number of esters is 2. The maximum Gasteiger partial charge on any atom is 0.338 e. The highest BCUT2D eigenvalue weighted by Gasteiger charge is 2.61. The van der Waals surface area contributed by atoms with Crippen molar-refractivity contribution in [2.45, 2.75) is 38.3 Å². The second kappa shape index (κ2) is 8.26. The molecule has 0 aromatic heterocycles. The zero-order chi connectivity index (χ0) is 21.2. The predicted octanol–water partition coefficient (Wildman–Crippen LogP) is 3.04. The van der Waals surface area contributed by atoms with Crippen LogP contribution in [0.2, 0.25) is 0 Å². The molecule has 0 aliphatic carbocycles. The number of hydrogen-bond acceptors (Lipinski definition) is 6. The molecule has 0 bridgehead atoms. The fraction of sp³-hybridized carbons (Fsp3) is 0.333. The Bertz CT molecular complexity index is 879. The molecule has 29 heavy (non-hydrogen) atoms. The summed E-state index contributed by atoms with van der Waals surface area (Å²) in [5, 5.41) is 9.53. The van der Waals surface area contributed by atoms with Crippen LogP contribution in [0.5, 0.6) is 0 Å². The van der Waals surface area contributed by atoms with Gasteiger partial charge in [-0.3, -0.25) is 0 Å². The quantitative estimate of drug-likeness (QED) is 0.769. The van der Waals surface area contributed by atoms with Crippen molar-refractivity contribution in [1.29, 1.82) is 0 Å². The fourth-order valence-electron chi connectivity index (χ4n) is 2.80. The number of benzene rings is 2. The highest BCUT2D eigenvalue weighted by molar-refractivity contribution is 5.90. The van der Waals surface area contributed by atoms with E-state index in [-0.39, 0.29) is 11.1 Å². The summed E-state index contributed by atoms with van der Waals surface area (Å²) in [5.41, 5.74) is 2.12. The molecule has 1 heterocycles. The van der Waals surface area contributed by atoms with Crippen molar-refractivity contribution in [2.75, 3.05) is 6.61 Å². The Balaban J connectivity index is 1.69. The molecule has 0 amide bonds. The number of rotatable bonds is 5. The van der Waals surface area contributed by atoms with Crippen LogP contribution < -0.4 is 0 Å². The highest BCUT2D eigenvalue weighted by Crippen LogP contribution is 2.37. The molecule has 0 spiro atoms. The molecule has 0 radical (unpaired) electrons. The van der Waals surface area contributed by atoms with Gasteiger partial charge in [0.1, 0.15) is 12.7 Å². The summed E-state index contributed by atoms with van der Waals surface area (Å²) in [7, 11) is 0. The van der Waals surface area contributed by atoms with Crippen LogP contribution in [0.3, 0.4) is 0 Å². The molecule has 1 aliphatic heterocycles. The van der Waals surface area contributed by atoms with E-state index >= 15 is 0 Å². The van der Waals surface area contributed by atoms with Crippen LogP contribution in [0.4, 0.5) is 8.78 Å². The second-order valence-corrected chi connectivity index (χ2v) is 6.86. The number of aliphatic hydroxyl groups is 1. The van der Waals surface area contributed by atoms with E-state index in [1.165, 1.54) is 24.3 Å². The smallest absolute Gasteiger partial charge is 0.338 e. The molecule has 3 atom stereocenters. The summed E-state index contributed by atoms with van der Waals surface area (Å²) in [6.07, 6.45) is -6.12. The minimum atomic E-state index is -3.86. The van der Waals surface area contributed by atoms with Gasteiger partial charge in [0.2, 0.25) is 6.29 Å². The molecule has 154 valence electrons. The molecule has 2 aromatic carbocycles. The third kappa shape index (κ3) is 4.60. The van der Waals surface area contributed by atoms with Gasteiger partial charge < -0.3 is 19.3 Å². The third-order valence-electron chi connectivity index (χ3n) is 4.54. The first kappa shape index (κ1) is 20.9. The molecular formula is C21H20F2O6. The lowest BCUT2D eigenvalue weighted by molar-refractivity contribution is -0.199. The minimum Gasteiger partial charge on any atom is -0.459 e. The Labute approximate surface area is 166 Å². The molecule has 1 aliphatic rings. The van der Waals surface area contributed by atoms with Gasteiger partial charge in [-0.1, -0.05) is 35.4 Å². The van der Waals surface area contributed by atoms with Crippen molar-refractivity contribution in [3.05, 3.63) is 70.8 Å². The van der Waals surface area contributed by atoms with E-state index in [4.69, 9.17) is 14.2 Å². The molecule has 1 fully saturated rings. The largest absolute Gasteiger partial charge is 0.459 e. The lowest BCUT2D eigenvalue weighted by Gasteiger charge is -2.22. The van der Waals surface area contributed by atoms with E-state index < -0.39 is 43.0 Å². The average molecular weight is 406 g/mol. The number of alkyl halides is 2. The van der Waals surface area contributed by atoms with Crippen LogP contribution in [0.25, 0.3) is 0 Å². The Morgan fingerprint density at radius 1 is 0.966 bits per heavy atom. The first-order valence-electron chi connectivity index (χ1n) is 8.91. The fourth-order valence-corrected chi connectivity index (χ4v) is 2.80. The third-order valence-corrected chi connectivity index (χ3v) is 4.54. The molecule has 3 rings (SSSR count). The Morgan fingerprint density at radius 3 is 1.97 bits per heavy atom. The van der Waals surface area contributed by atoms with Gasteiger partial charge in [0, 0.05) is 0 Å². The lowest BCUT2D eigenvalue weighted by atomic mass is 10.1.